The van der Waals surface area contributed by atoms with Crippen LogP contribution >= 0.6 is 0 Å². The Morgan fingerprint density at radius 1 is 1.04 bits per heavy atom. The quantitative estimate of drug-likeness (QED) is 0.325. The van der Waals surface area contributed by atoms with Crippen molar-refractivity contribution in [2.75, 3.05) is 0 Å². The highest BCUT2D eigenvalue weighted by molar-refractivity contribution is 5.92. The van der Waals surface area contributed by atoms with Crippen molar-refractivity contribution in [1.29, 1.82) is 0 Å². The summed E-state index contributed by atoms with van der Waals surface area (Å²) in [5.41, 5.74) is 3.02. The normalized spacial score (nSPS) is 20.2. The Labute approximate surface area is 157 Å². The summed E-state index contributed by atoms with van der Waals surface area (Å²) in [7, 11) is 0. The smallest absolute Gasteiger partial charge is 0.213 e. The zero-order valence-corrected chi connectivity index (χ0v) is 16.1. The Kier molecular flexibility index (Phi) is 5.88. The predicted molar refractivity (Wildman–Crippen MR) is 110 cm³/mol. The van der Waals surface area contributed by atoms with Crippen molar-refractivity contribution in [3.05, 3.63) is 90.0 Å². The third-order valence-electron chi connectivity index (χ3n) is 5.28. The first kappa shape index (κ1) is 18.4. The molecule has 0 fully saturated rings. The number of rotatable bonds is 5. The molecule has 1 aliphatic carbocycles. The van der Waals surface area contributed by atoms with E-state index in [0.717, 1.165) is 18.0 Å². The van der Waals surface area contributed by atoms with Crippen LogP contribution < -0.4 is 0 Å². The molecule has 1 aliphatic rings. The summed E-state index contributed by atoms with van der Waals surface area (Å²) in [4.78, 5) is 0. The molecule has 0 radical (unpaired) electrons. The molecule has 2 aromatic rings. The summed E-state index contributed by atoms with van der Waals surface area (Å²) >= 11 is 0. The van der Waals surface area contributed by atoms with Crippen molar-refractivity contribution in [2.45, 2.75) is 40.0 Å². The zero-order valence-electron chi connectivity index (χ0n) is 16.1. The molecule has 134 valence electrons. The van der Waals surface area contributed by atoms with E-state index in [4.69, 9.17) is 4.42 Å². The fraction of sp³-hybridized carbons (Fsp3) is 0.320. The van der Waals surface area contributed by atoms with Gasteiger partial charge in [0, 0.05) is 24.1 Å². The lowest BCUT2D eigenvalue weighted by molar-refractivity contribution is -0.366. The predicted octanol–water partition coefficient (Wildman–Crippen LogP) is 6.69. The number of benzene rings is 2. The largest absolute Gasteiger partial charge is 0.353 e. The molecule has 3 rings (SSSR count). The van der Waals surface area contributed by atoms with Crippen molar-refractivity contribution in [3.8, 4) is 5.75 Å². The van der Waals surface area contributed by atoms with Gasteiger partial charge in [0.15, 0.2) is 0 Å². The van der Waals surface area contributed by atoms with Crippen LogP contribution in [0.1, 0.15) is 39.2 Å². The van der Waals surface area contributed by atoms with E-state index in [1.165, 1.54) is 24.0 Å². The number of hydrogen-bond donors (Lipinski definition) is 0. The molecule has 0 amide bonds. The lowest BCUT2D eigenvalue weighted by Gasteiger charge is -2.36. The molecular formula is C25H29O+. The third kappa shape index (κ3) is 4.82. The van der Waals surface area contributed by atoms with E-state index in [2.05, 4.69) is 69.3 Å². The SMILES string of the molecule is CC1=CCCC(C)(C)C1C=CC(Cc1ccccc1)=[O+]c1ccccc1. The van der Waals surface area contributed by atoms with Gasteiger partial charge in [-0.1, -0.05) is 80.1 Å². The highest BCUT2D eigenvalue weighted by atomic mass is 16.4. The van der Waals surface area contributed by atoms with E-state index in [0.29, 0.717) is 11.3 Å². The summed E-state index contributed by atoms with van der Waals surface area (Å²) in [5, 5.41) is 0. The average Bonchev–Trinajstić information content (AvgIpc) is 2.62. The molecule has 0 spiro atoms. The van der Waals surface area contributed by atoms with E-state index >= 15 is 0 Å². The van der Waals surface area contributed by atoms with Gasteiger partial charge < -0.3 is 0 Å². The van der Waals surface area contributed by atoms with E-state index < -0.39 is 0 Å². The van der Waals surface area contributed by atoms with Crippen LogP contribution in [0.3, 0.4) is 0 Å². The lowest BCUT2D eigenvalue weighted by atomic mass is 9.68. The number of allylic oxidation sites excluding steroid dienone is 4. The highest BCUT2D eigenvalue weighted by Gasteiger charge is 2.31. The summed E-state index contributed by atoms with van der Waals surface area (Å²) in [6.07, 6.45) is 10.1. The molecule has 0 heterocycles. The first-order chi connectivity index (χ1) is 12.5. The maximum absolute atomic E-state index is 6.22. The summed E-state index contributed by atoms with van der Waals surface area (Å²) in [5.74, 6) is 2.33. The Morgan fingerprint density at radius 2 is 1.69 bits per heavy atom. The van der Waals surface area contributed by atoms with Crippen LogP contribution in [0.2, 0.25) is 0 Å². The standard InChI is InChI=1S/C25H29O/c1-20-11-10-18-25(2,3)24(20)17-16-23(19-21-12-6-4-7-13-21)26-22-14-8-5-9-15-22/h4-9,11-17,24H,10,18-19H2,1-3H3/q+1. The topological polar surface area (TPSA) is 11.3 Å². The second kappa shape index (κ2) is 8.31. The maximum atomic E-state index is 6.22. The van der Waals surface area contributed by atoms with Crippen molar-refractivity contribution in [2.24, 2.45) is 11.3 Å². The minimum Gasteiger partial charge on any atom is -0.213 e. The van der Waals surface area contributed by atoms with Gasteiger partial charge in [-0.3, -0.25) is 0 Å². The Balaban J connectivity index is 1.89. The number of ketones is 1. The van der Waals surface area contributed by atoms with Gasteiger partial charge in [-0.05, 0) is 30.7 Å². The van der Waals surface area contributed by atoms with Crippen LogP contribution in [0, 0.1) is 11.3 Å². The van der Waals surface area contributed by atoms with Crippen LogP contribution in [0.5, 0.6) is 5.75 Å². The molecule has 0 aromatic heterocycles. The van der Waals surface area contributed by atoms with Gasteiger partial charge in [0.2, 0.25) is 0 Å². The second-order valence-electron chi connectivity index (χ2n) is 7.86. The van der Waals surface area contributed by atoms with E-state index in [1.807, 2.05) is 30.3 Å². The van der Waals surface area contributed by atoms with Crippen molar-refractivity contribution in [1.82, 2.24) is 0 Å². The lowest BCUT2D eigenvalue weighted by Crippen LogP contribution is -2.26. The van der Waals surface area contributed by atoms with Crippen molar-refractivity contribution < 1.29 is 4.42 Å². The molecule has 26 heavy (non-hydrogen) atoms. The maximum Gasteiger partial charge on any atom is 0.353 e. The fourth-order valence-electron chi connectivity index (χ4n) is 3.75. The molecule has 2 aromatic carbocycles. The molecule has 1 heteroatoms. The Hall–Kier alpha value is -2.41. The van der Waals surface area contributed by atoms with E-state index in [9.17, 15) is 0 Å². The minimum atomic E-state index is 0.292. The molecule has 0 aliphatic heterocycles. The third-order valence-corrected chi connectivity index (χ3v) is 5.28. The van der Waals surface area contributed by atoms with Gasteiger partial charge in [-0.15, -0.1) is 0 Å². The fourth-order valence-corrected chi connectivity index (χ4v) is 3.75. The van der Waals surface area contributed by atoms with Gasteiger partial charge >= 0.3 is 11.5 Å². The molecule has 0 bridgehead atoms. The second-order valence-corrected chi connectivity index (χ2v) is 7.86. The van der Waals surface area contributed by atoms with Crippen LogP contribution in [-0.4, -0.2) is 5.78 Å². The van der Waals surface area contributed by atoms with Crippen molar-refractivity contribution >= 4 is 5.78 Å². The van der Waals surface area contributed by atoms with Gasteiger partial charge in [0.05, 0.1) is 6.42 Å². The molecule has 1 nitrogen and oxygen atoms in total. The van der Waals surface area contributed by atoms with Crippen LogP contribution in [0.4, 0.5) is 0 Å². The van der Waals surface area contributed by atoms with Crippen molar-refractivity contribution in [3.63, 3.8) is 0 Å². The summed E-state index contributed by atoms with van der Waals surface area (Å²) in [6.45, 7) is 6.99. The van der Waals surface area contributed by atoms with Gasteiger partial charge in [0.1, 0.15) is 0 Å². The highest BCUT2D eigenvalue weighted by Crippen LogP contribution is 2.41. The van der Waals surface area contributed by atoms with Crippen LogP contribution in [0.15, 0.2) is 84.5 Å². The first-order valence-corrected chi connectivity index (χ1v) is 9.52. The molecule has 1 unspecified atom stereocenters. The molecular weight excluding hydrogens is 316 g/mol. The monoisotopic (exact) mass is 345 g/mol. The number of carbonyl (C=O) groups excluding carboxylic acids is 1. The van der Waals surface area contributed by atoms with Gasteiger partial charge in [-0.2, -0.15) is 0 Å². The van der Waals surface area contributed by atoms with E-state index in [-0.39, 0.29) is 0 Å². The number of hydrogen-bond acceptors (Lipinski definition) is 0. The van der Waals surface area contributed by atoms with Gasteiger partial charge in [-0.25, -0.2) is 4.42 Å². The first-order valence-electron chi connectivity index (χ1n) is 9.52. The van der Waals surface area contributed by atoms with Crippen LogP contribution in [-0.2, 0) is 10.8 Å². The number of para-hydroxylation sites is 1. The van der Waals surface area contributed by atoms with E-state index in [1.54, 1.807) is 0 Å². The molecule has 0 N–H and O–H groups in total. The Bertz CT molecular complexity index is 795. The zero-order chi connectivity index (χ0) is 18.4. The molecule has 0 saturated heterocycles. The molecule has 1 atom stereocenters. The summed E-state index contributed by atoms with van der Waals surface area (Å²) in [6, 6.07) is 20.6. The summed E-state index contributed by atoms with van der Waals surface area (Å²) < 4.78 is 6.22. The van der Waals surface area contributed by atoms with Gasteiger partial charge in [0.25, 0.3) is 0 Å². The average molecular weight is 346 g/mol. The van der Waals surface area contributed by atoms with Crippen LogP contribution in [0.25, 0.3) is 0 Å². The Morgan fingerprint density at radius 3 is 2.35 bits per heavy atom. The molecule has 0 saturated carbocycles. The minimum absolute atomic E-state index is 0.292.